The lowest BCUT2D eigenvalue weighted by Crippen LogP contribution is -2.31. The summed E-state index contributed by atoms with van der Waals surface area (Å²) in [4.78, 5) is 17.3. The van der Waals surface area contributed by atoms with Gasteiger partial charge < -0.3 is 9.47 Å². The Kier molecular flexibility index (Phi) is 6.07. The van der Waals surface area contributed by atoms with Crippen LogP contribution in [0.1, 0.15) is 61.8 Å². The fraction of sp³-hybridized carbons (Fsp3) is 0.438. The Bertz CT molecular complexity index is 1670. The van der Waals surface area contributed by atoms with E-state index in [0.29, 0.717) is 29.3 Å². The highest BCUT2D eigenvalue weighted by molar-refractivity contribution is 5.95. The molecule has 3 aliphatic rings. The number of halogens is 2. The number of benzene rings is 2. The number of aryl methyl sites for hydroxylation is 3. The van der Waals surface area contributed by atoms with Gasteiger partial charge >= 0.3 is 0 Å². The average Bonchev–Trinajstić information content (AvgIpc) is 3.59. The molecule has 0 aliphatic carbocycles. The Morgan fingerprint density at radius 2 is 1.95 bits per heavy atom. The Balaban J connectivity index is 1.29. The first kappa shape index (κ1) is 25.4. The molecule has 2 fully saturated rings. The molecule has 5 heterocycles. The number of pyridine rings is 1. The molecule has 0 amide bonds. The molecule has 8 heteroatoms. The molecule has 0 saturated carbocycles. The smallest absolute Gasteiger partial charge is 0.264 e. The summed E-state index contributed by atoms with van der Waals surface area (Å²) < 4.78 is 33.0. The van der Waals surface area contributed by atoms with Gasteiger partial charge in [-0.25, -0.2) is 8.78 Å². The minimum Gasteiger partial charge on any atom is -0.341 e. The number of rotatable bonds is 5. The van der Waals surface area contributed by atoms with Crippen molar-refractivity contribution < 1.29 is 8.78 Å². The summed E-state index contributed by atoms with van der Waals surface area (Å²) in [5.41, 5.74) is 5.68. The highest BCUT2D eigenvalue weighted by atomic mass is 19.3. The Morgan fingerprint density at radius 1 is 1.10 bits per heavy atom. The van der Waals surface area contributed by atoms with Gasteiger partial charge in [0.25, 0.3) is 12.0 Å². The standard InChI is InChI=1S/C32H35F2N5O/c1-4-22-13-23(14-24-18-38(22)24)39-17-21(16-35-39)25-12-20-7-6-10-37(30(20)15-26(25)31(33)34)29-9-5-8-28-27(29)11-19(2)32(40)36(28)3/h5,8-9,11-12,15-17,22-24,31H,4,6-7,10,13-14,18H2,1-3H3. The third kappa shape index (κ3) is 4.07. The van der Waals surface area contributed by atoms with Crippen LogP contribution in [0.3, 0.4) is 0 Å². The van der Waals surface area contributed by atoms with Gasteiger partial charge in [0.2, 0.25) is 0 Å². The summed E-state index contributed by atoms with van der Waals surface area (Å²) >= 11 is 0. The lowest BCUT2D eigenvalue weighted by molar-refractivity contribution is 0.152. The summed E-state index contributed by atoms with van der Waals surface area (Å²) in [6, 6.07) is 13.0. The van der Waals surface area contributed by atoms with E-state index in [1.54, 1.807) is 23.9 Å². The van der Waals surface area contributed by atoms with E-state index < -0.39 is 6.43 Å². The first-order valence-electron chi connectivity index (χ1n) is 14.5. The predicted octanol–water partition coefficient (Wildman–Crippen LogP) is 6.53. The number of piperidine rings is 1. The second-order valence-corrected chi connectivity index (χ2v) is 11.8. The molecule has 2 aromatic carbocycles. The molecule has 208 valence electrons. The largest absolute Gasteiger partial charge is 0.341 e. The number of fused-ring (bicyclic) bond motifs is 3. The molecule has 0 N–H and O–H groups in total. The number of alkyl halides is 2. The summed E-state index contributed by atoms with van der Waals surface area (Å²) in [6.07, 6.45) is 6.16. The zero-order chi connectivity index (χ0) is 27.7. The van der Waals surface area contributed by atoms with Gasteiger partial charge in [-0.1, -0.05) is 13.0 Å². The van der Waals surface area contributed by atoms with Gasteiger partial charge in [0.15, 0.2) is 0 Å². The van der Waals surface area contributed by atoms with Gasteiger partial charge in [-0.15, -0.1) is 0 Å². The van der Waals surface area contributed by atoms with Crippen LogP contribution in [-0.2, 0) is 13.5 Å². The van der Waals surface area contributed by atoms with Crippen molar-refractivity contribution in [3.8, 4) is 11.1 Å². The van der Waals surface area contributed by atoms with E-state index >= 15 is 0 Å². The zero-order valence-electron chi connectivity index (χ0n) is 23.3. The highest BCUT2D eigenvalue weighted by Gasteiger charge is 2.45. The van der Waals surface area contributed by atoms with Crippen LogP contribution in [0.25, 0.3) is 22.0 Å². The van der Waals surface area contributed by atoms with Gasteiger partial charge in [-0.05, 0) is 80.5 Å². The van der Waals surface area contributed by atoms with Gasteiger partial charge in [-0.3, -0.25) is 14.4 Å². The predicted molar refractivity (Wildman–Crippen MR) is 155 cm³/mol. The SMILES string of the molecule is CCC1CC(n2cc(-c3cc4c(cc3C(F)F)N(c3cccc5c3cc(C)c(=O)n5C)CCC4)cn2)CC2CN12. The number of hydrogen-bond donors (Lipinski definition) is 0. The quantitative estimate of drug-likeness (QED) is 0.269. The van der Waals surface area contributed by atoms with Crippen molar-refractivity contribution in [2.75, 3.05) is 18.0 Å². The minimum absolute atomic E-state index is 0.0261. The number of anilines is 2. The number of aromatic nitrogens is 3. The van der Waals surface area contributed by atoms with E-state index in [9.17, 15) is 13.6 Å². The maximum atomic E-state index is 14.6. The Hall–Kier alpha value is -3.52. The van der Waals surface area contributed by atoms with E-state index in [0.717, 1.165) is 72.1 Å². The van der Waals surface area contributed by atoms with Crippen LogP contribution in [0.4, 0.5) is 20.2 Å². The molecule has 40 heavy (non-hydrogen) atoms. The summed E-state index contributed by atoms with van der Waals surface area (Å²) in [5, 5.41) is 5.64. The fourth-order valence-electron chi connectivity index (χ4n) is 7.21. The van der Waals surface area contributed by atoms with Crippen molar-refractivity contribution in [3.05, 3.63) is 75.8 Å². The minimum atomic E-state index is -2.61. The van der Waals surface area contributed by atoms with Crippen LogP contribution in [0.2, 0.25) is 0 Å². The normalized spacial score (nSPS) is 23.9. The van der Waals surface area contributed by atoms with E-state index in [4.69, 9.17) is 0 Å². The molecule has 4 atom stereocenters. The maximum Gasteiger partial charge on any atom is 0.264 e. The zero-order valence-corrected chi connectivity index (χ0v) is 23.3. The third-order valence-electron chi connectivity index (χ3n) is 9.39. The van der Waals surface area contributed by atoms with Crippen molar-refractivity contribution in [3.63, 3.8) is 0 Å². The summed E-state index contributed by atoms with van der Waals surface area (Å²) in [6.45, 7) is 5.96. The molecule has 7 rings (SSSR count). The van der Waals surface area contributed by atoms with Gasteiger partial charge in [-0.2, -0.15) is 5.10 Å². The van der Waals surface area contributed by atoms with E-state index in [1.807, 2.05) is 48.1 Å². The molecule has 2 saturated heterocycles. The molecule has 0 radical (unpaired) electrons. The van der Waals surface area contributed by atoms with Gasteiger partial charge in [0, 0.05) is 66.2 Å². The molecule has 4 unspecified atom stereocenters. The molecular weight excluding hydrogens is 508 g/mol. The fourth-order valence-corrected chi connectivity index (χ4v) is 7.21. The van der Waals surface area contributed by atoms with Gasteiger partial charge in [0.05, 0.1) is 23.4 Å². The van der Waals surface area contributed by atoms with Crippen molar-refractivity contribution in [2.45, 2.75) is 70.5 Å². The van der Waals surface area contributed by atoms with Crippen molar-refractivity contribution >= 4 is 22.3 Å². The summed E-state index contributed by atoms with van der Waals surface area (Å²) in [7, 11) is 1.78. The van der Waals surface area contributed by atoms with Crippen LogP contribution >= 0.6 is 0 Å². The number of hydrogen-bond acceptors (Lipinski definition) is 4. The molecule has 0 spiro atoms. The second-order valence-electron chi connectivity index (χ2n) is 11.8. The lowest BCUT2D eigenvalue weighted by Gasteiger charge is -2.33. The second kappa shape index (κ2) is 9.54. The van der Waals surface area contributed by atoms with Crippen LogP contribution in [0, 0.1) is 6.92 Å². The maximum absolute atomic E-state index is 14.6. The first-order valence-corrected chi connectivity index (χ1v) is 14.5. The van der Waals surface area contributed by atoms with Gasteiger partial charge in [0.1, 0.15) is 0 Å². The van der Waals surface area contributed by atoms with Crippen LogP contribution in [0.5, 0.6) is 0 Å². The third-order valence-corrected chi connectivity index (χ3v) is 9.39. The first-order chi connectivity index (χ1) is 19.3. The van der Waals surface area contributed by atoms with E-state index in [2.05, 4.69) is 21.8 Å². The monoisotopic (exact) mass is 543 g/mol. The van der Waals surface area contributed by atoms with Crippen molar-refractivity contribution in [2.24, 2.45) is 7.05 Å². The molecular formula is C32H35F2N5O. The van der Waals surface area contributed by atoms with Crippen LogP contribution in [0.15, 0.2) is 53.6 Å². The molecule has 6 nitrogen and oxygen atoms in total. The molecule has 3 aliphatic heterocycles. The molecule has 0 bridgehead atoms. The topological polar surface area (TPSA) is 46.1 Å². The van der Waals surface area contributed by atoms with Crippen LogP contribution in [-0.4, -0.2) is 44.4 Å². The van der Waals surface area contributed by atoms with Crippen LogP contribution < -0.4 is 10.5 Å². The molecule has 4 aromatic rings. The highest BCUT2D eigenvalue weighted by Crippen LogP contribution is 2.44. The number of nitrogens with zero attached hydrogens (tertiary/aromatic N) is 5. The van der Waals surface area contributed by atoms with Crippen molar-refractivity contribution in [1.29, 1.82) is 0 Å². The van der Waals surface area contributed by atoms with E-state index in [1.165, 1.54) is 6.54 Å². The van der Waals surface area contributed by atoms with E-state index in [-0.39, 0.29) is 11.1 Å². The Labute approximate surface area is 232 Å². The Morgan fingerprint density at radius 3 is 2.75 bits per heavy atom. The van der Waals surface area contributed by atoms with Crippen molar-refractivity contribution in [1.82, 2.24) is 19.2 Å². The average molecular weight is 544 g/mol. The summed E-state index contributed by atoms with van der Waals surface area (Å²) in [5.74, 6) is 0. The lowest BCUT2D eigenvalue weighted by atomic mass is 9.92. The molecule has 2 aromatic heterocycles.